The summed E-state index contributed by atoms with van der Waals surface area (Å²) in [5.74, 6) is 0.820. The standard InChI is InChI=1S/C24H29N3O3/c1-18-5-3-6-22(19(18)2)25-13-15-26(16-14-25)24(29)17-30-21-10-8-20(9-11-21)27-12-4-7-23(27)28/h3,5-6,8-11H,4,7,12-17H2,1-2H3. The Balaban J connectivity index is 1.27. The van der Waals surface area contributed by atoms with Crippen LogP contribution in [-0.2, 0) is 9.59 Å². The van der Waals surface area contributed by atoms with Crippen molar-refractivity contribution < 1.29 is 14.3 Å². The van der Waals surface area contributed by atoms with E-state index in [1.165, 1.54) is 16.8 Å². The Morgan fingerprint density at radius 1 is 0.967 bits per heavy atom. The van der Waals surface area contributed by atoms with E-state index >= 15 is 0 Å². The van der Waals surface area contributed by atoms with Gasteiger partial charge in [-0.25, -0.2) is 0 Å². The Morgan fingerprint density at radius 3 is 2.37 bits per heavy atom. The van der Waals surface area contributed by atoms with E-state index in [4.69, 9.17) is 4.74 Å². The molecule has 2 saturated heterocycles. The zero-order chi connectivity index (χ0) is 21.1. The van der Waals surface area contributed by atoms with E-state index < -0.39 is 0 Å². The van der Waals surface area contributed by atoms with Crippen LogP contribution in [0.25, 0.3) is 0 Å². The molecule has 0 saturated carbocycles. The molecule has 2 aliphatic heterocycles. The normalized spacial score (nSPS) is 16.9. The molecular weight excluding hydrogens is 378 g/mol. The van der Waals surface area contributed by atoms with Gasteiger partial charge in [0.1, 0.15) is 5.75 Å². The van der Waals surface area contributed by atoms with Gasteiger partial charge in [-0.1, -0.05) is 12.1 Å². The van der Waals surface area contributed by atoms with Gasteiger partial charge in [-0.15, -0.1) is 0 Å². The quantitative estimate of drug-likeness (QED) is 0.764. The molecule has 0 bridgehead atoms. The molecule has 2 fully saturated rings. The average molecular weight is 408 g/mol. The molecule has 4 rings (SSSR count). The van der Waals surface area contributed by atoms with Crippen molar-refractivity contribution in [3.8, 4) is 5.75 Å². The van der Waals surface area contributed by atoms with Gasteiger partial charge in [-0.05, 0) is 61.7 Å². The fraction of sp³-hybridized carbons (Fsp3) is 0.417. The predicted molar refractivity (Wildman–Crippen MR) is 118 cm³/mol. The Hall–Kier alpha value is -3.02. The van der Waals surface area contributed by atoms with Crippen LogP contribution < -0.4 is 14.5 Å². The minimum atomic E-state index is 0.00871. The molecule has 0 aliphatic carbocycles. The fourth-order valence-corrected chi connectivity index (χ4v) is 4.15. The predicted octanol–water partition coefficient (Wildman–Crippen LogP) is 3.16. The Kier molecular flexibility index (Phi) is 5.93. The highest BCUT2D eigenvalue weighted by atomic mass is 16.5. The van der Waals surface area contributed by atoms with Crippen molar-refractivity contribution in [3.05, 3.63) is 53.6 Å². The second-order valence-corrected chi connectivity index (χ2v) is 8.02. The third kappa shape index (κ3) is 4.27. The first-order valence-corrected chi connectivity index (χ1v) is 10.6. The third-order valence-corrected chi connectivity index (χ3v) is 6.13. The van der Waals surface area contributed by atoms with Crippen molar-refractivity contribution in [1.82, 2.24) is 4.90 Å². The molecule has 0 unspecified atom stereocenters. The smallest absolute Gasteiger partial charge is 0.260 e. The van der Waals surface area contributed by atoms with Crippen molar-refractivity contribution in [1.29, 1.82) is 0 Å². The summed E-state index contributed by atoms with van der Waals surface area (Å²) in [5, 5.41) is 0. The van der Waals surface area contributed by atoms with Gasteiger partial charge in [0.15, 0.2) is 6.61 Å². The molecule has 0 radical (unpaired) electrons. The third-order valence-electron chi connectivity index (χ3n) is 6.13. The fourth-order valence-electron chi connectivity index (χ4n) is 4.15. The Morgan fingerprint density at radius 2 is 1.70 bits per heavy atom. The van der Waals surface area contributed by atoms with Gasteiger partial charge in [0.05, 0.1) is 0 Å². The maximum Gasteiger partial charge on any atom is 0.260 e. The van der Waals surface area contributed by atoms with Crippen LogP contribution in [0, 0.1) is 13.8 Å². The van der Waals surface area contributed by atoms with Crippen LogP contribution in [-0.4, -0.2) is 56.0 Å². The number of rotatable bonds is 5. The SMILES string of the molecule is Cc1cccc(N2CCN(C(=O)COc3ccc(N4CCCC4=O)cc3)CC2)c1C. The summed E-state index contributed by atoms with van der Waals surface area (Å²) < 4.78 is 5.70. The van der Waals surface area contributed by atoms with E-state index in [2.05, 4.69) is 36.9 Å². The van der Waals surface area contributed by atoms with Gasteiger partial charge in [0.25, 0.3) is 5.91 Å². The molecular formula is C24H29N3O3. The second-order valence-electron chi connectivity index (χ2n) is 8.02. The molecule has 0 aromatic heterocycles. The molecule has 0 spiro atoms. The van der Waals surface area contributed by atoms with Crippen LogP contribution in [0.3, 0.4) is 0 Å². The number of carbonyl (C=O) groups excluding carboxylic acids is 2. The summed E-state index contributed by atoms with van der Waals surface area (Å²) in [6.45, 7) is 8.14. The lowest BCUT2D eigenvalue weighted by Crippen LogP contribution is -2.50. The van der Waals surface area contributed by atoms with E-state index in [0.29, 0.717) is 25.3 Å². The summed E-state index contributed by atoms with van der Waals surface area (Å²) in [6.07, 6.45) is 1.52. The van der Waals surface area contributed by atoms with Crippen molar-refractivity contribution >= 4 is 23.2 Å². The highest BCUT2D eigenvalue weighted by Crippen LogP contribution is 2.25. The Labute approximate surface area is 178 Å². The van der Waals surface area contributed by atoms with Gasteiger partial charge >= 0.3 is 0 Å². The van der Waals surface area contributed by atoms with Gasteiger partial charge in [-0.2, -0.15) is 0 Å². The second kappa shape index (κ2) is 8.78. The van der Waals surface area contributed by atoms with E-state index in [1.54, 1.807) is 4.90 Å². The van der Waals surface area contributed by atoms with Crippen LogP contribution in [0.5, 0.6) is 5.75 Å². The molecule has 6 heteroatoms. The number of hydrogen-bond donors (Lipinski definition) is 0. The number of amides is 2. The number of carbonyl (C=O) groups is 2. The molecule has 2 aliphatic rings. The van der Waals surface area contributed by atoms with Crippen LogP contribution in [0.2, 0.25) is 0 Å². The number of aryl methyl sites for hydroxylation is 1. The van der Waals surface area contributed by atoms with E-state index in [9.17, 15) is 9.59 Å². The molecule has 6 nitrogen and oxygen atoms in total. The van der Waals surface area contributed by atoms with Crippen molar-refractivity contribution in [2.75, 3.05) is 49.1 Å². The summed E-state index contributed by atoms with van der Waals surface area (Å²) in [5.41, 5.74) is 4.74. The molecule has 0 atom stereocenters. The zero-order valence-corrected chi connectivity index (χ0v) is 17.8. The minimum Gasteiger partial charge on any atom is -0.484 e. The van der Waals surface area contributed by atoms with Crippen LogP contribution in [0.4, 0.5) is 11.4 Å². The number of piperazine rings is 1. The first kappa shape index (κ1) is 20.3. The number of ether oxygens (including phenoxy) is 1. The summed E-state index contributed by atoms with van der Waals surface area (Å²) in [6, 6.07) is 13.8. The van der Waals surface area contributed by atoms with Gasteiger partial charge in [0, 0.05) is 50.5 Å². The van der Waals surface area contributed by atoms with E-state index in [-0.39, 0.29) is 18.4 Å². The Bertz CT molecular complexity index is 918. The van der Waals surface area contributed by atoms with Crippen molar-refractivity contribution in [2.45, 2.75) is 26.7 Å². The zero-order valence-electron chi connectivity index (χ0n) is 17.8. The molecule has 2 amide bonds. The largest absolute Gasteiger partial charge is 0.484 e. The number of hydrogen-bond acceptors (Lipinski definition) is 4. The molecule has 2 heterocycles. The minimum absolute atomic E-state index is 0.00871. The van der Waals surface area contributed by atoms with Gasteiger partial charge < -0.3 is 19.4 Å². The maximum atomic E-state index is 12.6. The number of benzene rings is 2. The molecule has 0 N–H and O–H groups in total. The molecule has 30 heavy (non-hydrogen) atoms. The van der Waals surface area contributed by atoms with Gasteiger partial charge in [-0.3, -0.25) is 9.59 Å². The highest BCUT2D eigenvalue weighted by Gasteiger charge is 2.23. The molecule has 2 aromatic carbocycles. The first-order valence-electron chi connectivity index (χ1n) is 10.6. The maximum absolute atomic E-state index is 12.6. The first-order chi connectivity index (χ1) is 14.5. The van der Waals surface area contributed by atoms with Crippen molar-refractivity contribution in [3.63, 3.8) is 0 Å². The lowest BCUT2D eigenvalue weighted by molar-refractivity contribution is -0.133. The van der Waals surface area contributed by atoms with E-state index in [0.717, 1.165) is 31.7 Å². The lowest BCUT2D eigenvalue weighted by atomic mass is 10.1. The van der Waals surface area contributed by atoms with Gasteiger partial charge in [0.2, 0.25) is 5.91 Å². The van der Waals surface area contributed by atoms with Crippen LogP contribution >= 0.6 is 0 Å². The monoisotopic (exact) mass is 407 g/mol. The highest BCUT2D eigenvalue weighted by molar-refractivity contribution is 5.95. The van der Waals surface area contributed by atoms with Crippen molar-refractivity contribution in [2.24, 2.45) is 0 Å². The number of anilines is 2. The van der Waals surface area contributed by atoms with E-state index in [1.807, 2.05) is 29.2 Å². The summed E-state index contributed by atoms with van der Waals surface area (Å²) in [7, 11) is 0. The summed E-state index contributed by atoms with van der Waals surface area (Å²) >= 11 is 0. The lowest BCUT2D eigenvalue weighted by Gasteiger charge is -2.37. The average Bonchev–Trinajstić information content (AvgIpc) is 3.20. The molecule has 158 valence electrons. The summed E-state index contributed by atoms with van der Waals surface area (Å²) in [4.78, 5) is 30.4. The van der Waals surface area contributed by atoms with Crippen LogP contribution in [0.15, 0.2) is 42.5 Å². The van der Waals surface area contributed by atoms with Crippen LogP contribution in [0.1, 0.15) is 24.0 Å². The molecule has 2 aromatic rings. The topological polar surface area (TPSA) is 53.1 Å². The number of nitrogens with zero attached hydrogens (tertiary/aromatic N) is 3.